The maximum Gasteiger partial charge on any atom is 0.416 e. The molecule has 20 heavy (non-hydrogen) atoms. The predicted octanol–water partition coefficient (Wildman–Crippen LogP) is 4.04. The van der Waals surface area contributed by atoms with Crippen molar-refractivity contribution in [1.82, 2.24) is 0 Å². The van der Waals surface area contributed by atoms with E-state index in [1.165, 1.54) is 12.1 Å². The summed E-state index contributed by atoms with van der Waals surface area (Å²) < 4.78 is 37.2. The van der Waals surface area contributed by atoms with Crippen LogP contribution in [-0.4, -0.2) is 11.8 Å². The molecular formula is C15H20F3NO. The lowest BCUT2D eigenvalue weighted by atomic mass is 9.86. The number of rotatable bonds is 4. The summed E-state index contributed by atoms with van der Waals surface area (Å²) in [6.45, 7) is 6.07. The Morgan fingerprint density at radius 2 is 1.65 bits per heavy atom. The SMILES string of the molecule is CC(C)(C)CC(N)CC(=O)c1ccc(C(F)(F)F)cc1. The maximum absolute atomic E-state index is 12.4. The van der Waals surface area contributed by atoms with E-state index in [4.69, 9.17) is 5.73 Å². The molecule has 0 radical (unpaired) electrons. The van der Waals surface area contributed by atoms with Crippen molar-refractivity contribution in [1.29, 1.82) is 0 Å². The predicted molar refractivity (Wildman–Crippen MR) is 72.4 cm³/mol. The summed E-state index contributed by atoms with van der Waals surface area (Å²) in [5.74, 6) is -0.226. The molecule has 1 rings (SSSR count). The van der Waals surface area contributed by atoms with Crippen LogP contribution in [0, 0.1) is 5.41 Å². The molecule has 1 unspecified atom stereocenters. The number of alkyl halides is 3. The van der Waals surface area contributed by atoms with Crippen molar-refractivity contribution in [3.8, 4) is 0 Å². The largest absolute Gasteiger partial charge is 0.416 e. The van der Waals surface area contributed by atoms with E-state index in [1.54, 1.807) is 0 Å². The molecule has 0 bridgehead atoms. The minimum Gasteiger partial charge on any atom is -0.327 e. The van der Waals surface area contributed by atoms with Gasteiger partial charge in [-0.3, -0.25) is 4.79 Å². The average molecular weight is 287 g/mol. The molecule has 0 saturated carbocycles. The highest BCUT2D eigenvalue weighted by atomic mass is 19.4. The highest BCUT2D eigenvalue weighted by Crippen LogP contribution is 2.29. The standard InChI is InChI=1S/C15H20F3NO/c1-14(2,3)9-12(19)8-13(20)10-4-6-11(7-5-10)15(16,17)18/h4-7,12H,8-9,19H2,1-3H3. The van der Waals surface area contributed by atoms with E-state index in [-0.39, 0.29) is 29.2 Å². The first-order chi connectivity index (χ1) is 8.99. The van der Waals surface area contributed by atoms with Crippen LogP contribution in [0.2, 0.25) is 0 Å². The molecule has 1 atom stereocenters. The zero-order chi connectivity index (χ0) is 15.6. The summed E-state index contributed by atoms with van der Waals surface area (Å²) in [5.41, 5.74) is 5.42. The maximum atomic E-state index is 12.4. The molecule has 1 aromatic rings. The number of hydrogen-bond donors (Lipinski definition) is 1. The summed E-state index contributed by atoms with van der Waals surface area (Å²) in [6.07, 6.45) is -3.56. The smallest absolute Gasteiger partial charge is 0.327 e. The first-order valence-electron chi connectivity index (χ1n) is 6.45. The van der Waals surface area contributed by atoms with Gasteiger partial charge in [-0.05, 0) is 24.0 Å². The van der Waals surface area contributed by atoms with Gasteiger partial charge in [-0.15, -0.1) is 0 Å². The molecule has 0 saturated heterocycles. The molecule has 0 aromatic heterocycles. The van der Waals surface area contributed by atoms with E-state index in [1.807, 2.05) is 20.8 Å². The molecule has 0 aliphatic carbocycles. The van der Waals surface area contributed by atoms with Crippen molar-refractivity contribution < 1.29 is 18.0 Å². The van der Waals surface area contributed by atoms with Gasteiger partial charge < -0.3 is 5.73 Å². The van der Waals surface area contributed by atoms with Crippen LogP contribution >= 0.6 is 0 Å². The van der Waals surface area contributed by atoms with Crippen LogP contribution in [0.3, 0.4) is 0 Å². The molecule has 112 valence electrons. The van der Waals surface area contributed by atoms with Gasteiger partial charge in [0.1, 0.15) is 0 Å². The Kier molecular flexibility index (Phi) is 4.97. The summed E-state index contributed by atoms with van der Waals surface area (Å²) >= 11 is 0. The lowest BCUT2D eigenvalue weighted by Gasteiger charge is -2.22. The lowest BCUT2D eigenvalue weighted by molar-refractivity contribution is -0.137. The lowest BCUT2D eigenvalue weighted by Crippen LogP contribution is -2.29. The summed E-state index contributed by atoms with van der Waals surface area (Å²) in [4.78, 5) is 11.9. The monoisotopic (exact) mass is 287 g/mol. The Hall–Kier alpha value is -1.36. The number of carbonyl (C=O) groups excluding carboxylic acids is 1. The van der Waals surface area contributed by atoms with Gasteiger partial charge in [0.05, 0.1) is 5.56 Å². The van der Waals surface area contributed by atoms with Gasteiger partial charge in [-0.1, -0.05) is 32.9 Å². The Bertz CT molecular complexity index is 457. The second-order valence-corrected chi connectivity index (χ2v) is 6.23. The van der Waals surface area contributed by atoms with Gasteiger partial charge in [0, 0.05) is 18.0 Å². The number of benzene rings is 1. The third kappa shape index (κ3) is 5.33. The van der Waals surface area contributed by atoms with E-state index in [0.717, 1.165) is 12.1 Å². The summed E-state index contributed by atoms with van der Waals surface area (Å²) in [5, 5.41) is 0. The van der Waals surface area contributed by atoms with Gasteiger partial charge in [0.15, 0.2) is 5.78 Å². The quantitative estimate of drug-likeness (QED) is 0.849. The number of Topliss-reactive ketones (excluding diaryl/α,β-unsaturated/α-hetero) is 1. The van der Waals surface area contributed by atoms with E-state index >= 15 is 0 Å². The van der Waals surface area contributed by atoms with Gasteiger partial charge in [-0.25, -0.2) is 0 Å². The number of nitrogens with two attached hydrogens (primary N) is 1. The second kappa shape index (κ2) is 5.95. The molecule has 2 nitrogen and oxygen atoms in total. The fraction of sp³-hybridized carbons (Fsp3) is 0.533. The van der Waals surface area contributed by atoms with E-state index in [2.05, 4.69) is 0 Å². The zero-order valence-corrected chi connectivity index (χ0v) is 11.9. The molecule has 0 aliphatic rings. The van der Waals surface area contributed by atoms with Crippen LogP contribution in [-0.2, 0) is 6.18 Å². The fourth-order valence-corrected chi connectivity index (χ4v) is 2.06. The van der Waals surface area contributed by atoms with Crippen molar-refractivity contribution >= 4 is 5.78 Å². The van der Waals surface area contributed by atoms with Crippen LogP contribution in [0.15, 0.2) is 24.3 Å². The normalized spacial score (nSPS) is 14.2. The Labute approximate surface area is 117 Å². The third-order valence-corrected chi connectivity index (χ3v) is 2.86. The van der Waals surface area contributed by atoms with Gasteiger partial charge in [-0.2, -0.15) is 13.2 Å². The molecule has 1 aromatic carbocycles. The van der Waals surface area contributed by atoms with E-state index in [9.17, 15) is 18.0 Å². The molecule has 0 aliphatic heterocycles. The summed E-state index contributed by atoms with van der Waals surface area (Å²) in [6, 6.07) is 3.96. The van der Waals surface area contributed by atoms with Crippen molar-refractivity contribution in [3.63, 3.8) is 0 Å². The zero-order valence-electron chi connectivity index (χ0n) is 11.9. The van der Waals surface area contributed by atoms with Crippen LogP contribution in [0.25, 0.3) is 0 Å². The van der Waals surface area contributed by atoms with Crippen LogP contribution in [0.4, 0.5) is 13.2 Å². The van der Waals surface area contributed by atoms with Gasteiger partial charge in [0.25, 0.3) is 0 Å². The number of carbonyl (C=O) groups is 1. The molecule has 2 N–H and O–H groups in total. The minimum absolute atomic E-state index is 0.0137. The van der Waals surface area contributed by atoms with E-state index < -0.39 is 11.7 Å². The molecule has 0 amide bonds. The van der Waals surface area contributed by atoms with Crippen molar-refractivity contribution in [2.45, 2.75) is 45.8 Å². The molecule has 0 heterocycles. The second-order valence-electron chi connectivity index (χ2n) is 6.23. The highest BCUT2D eigenvalue weighted by Gasteiger charge is 2.30. The molecule has 5 heteroatoms. The van der Waals surface area contributed by atoms with Crippen LogP contribution in [0.1, 0.15) is 49.5 Å². The number of halogens is 3. The van der Waals surface area contributed by atoms with Crippen molar-refractivity contribution in [3.05, 3.63) is 35.4 Å². The van der Waals surface area contributed by atoms with Gasteiger partial charge in [0.2, 0.25) is 0 Å². The minimum atomic E-state index is -4.38. The number of hydrogen-bond acceptors (Lipinski definition) is 2. The molecular weight excluding hydrogens is 267 g/mol. The van der Waals surface area contributed by atoms with Crippen LogP contribution < -0.4 is 5.73 Å². The average Bonchev–Trinajstić information content (AvgIpc) is 2.25. The highest BCUT2D eigenvalue weighted by molar-refractivity contribution is 5.96. The van der Waals surface area contributed by atoms with Crippen LogP contribution in [0.5, 0.6) is 0 Å². The Morgan fingerprint density at radius 1 is 1.15 bits per heavy atom. The first kappa shape index (κ1) is 16.7. The Balaban J connectivity index is 2.69. The number of ketones is 1. The van der Waals surface area contributed by atoms with E-state index in [0.29, 0.717) is 6.42 Å². The molecule has 0 spiro atoms. The fourth-order valence-electron chi connectivity index (χ4n) is 2.06. The Morgan fingerprint density at radius 3 is 2.05 bits per heavy atom. The van der Waals surface area contributed by atoms with Crippen molar-refractivity contribution in [2.24, 2.45) is 11.1 Å². The first-order valence-corrected chi connectivity index (χ1v) is 6.45. The van der Waals surface area contributed by atoms with Gasteiger partial charge >= 0.3 is 6.18 Å². The third-order valence-electron chi connectivity index (χ3n) is 2.86. The molecule has 0 fully saturated rings. The topological polar surface area (TPSA) is 43.1 Å². The van der Waals surface area contributed by atoms with Crippen molar-refractivity contribution in [2.75, 3.05) is 0 Å². The summed E-state index contributed by atoms with van der Waals surface area (Å²) in [7, 11) is 0.